The van der Waals surface area contributed by atoms with Gasteiger partial charge in [0.1, 0.15) is 5.69 Å². The van der Waals surface area contributed by atoms with Crippen LogP contribution in [-0.2, 0) is 12.8 Å². The summed E-state index contributed by atoms with van der Waals surface area (Å²) in [6, 6.07) is 0. The second kappa shape index (κ2) is 2.48. The molecule has 0 saturated carbocycles. The first-order valence-corrected chi connectivity index (χ1v) is 4.86. The van der Waals surface area contributed by atoms with Crippen molar-refractivity contribution in [3.05, 3.63) is 10.6 Å². The monoisotopic (exact) mass is 169 g/mol. The van der Waals surface area contributed by atoms with Gasteiger partial charge in [-0.25, -0.2) is 4.98 Å². The van der Waals surface area contributed by atoms with Crippen LogP contribution in [0.25, 0.3) is 0 Å². The lowest BCUT2D eigenvalue weighted by atomic mass is 9.93. The second-order valence-corrected chi connectivity index (χ2v) is 4.48. The molecule has 0 radical (unpaired) electrons. The van der Waals surface area contributed by atoms with E-state index in [2.05, 4.69) is 11.9 Å². The Hall–Kier alpha value is -0.570. The van der Waals surface area contributed by atoms with Crippen LogP contribution < -0.4 is 10.7 Å². The highest BCUT2D eigenvalue weighted by Crippen LogP contribution is 2.27. The summed E-state index contributed by atoms with van der Waals surface area (Å²) in [7, 11) is 0. The van der Waals surface area contributed by atoms with Gasteiger partial charge in [-0.1, -0.05) is 18.3 Å². The molecule has 2 rings (SSSR count). The van der Waals surface area contributed by atoms with Crippen LogP contribution in [0, 0.1) is 5.92 Å². The maximum atomic E-state index is 5.67. The van der Waals surface area contributed by atoms with Gasteiger partial charge in [-0.15, -0.1) is 0 Å². The average Bonchev–Trinajstić information content (AvgIpc) is 2.27. The number of aryl methyl sites for hydroxylation is 1. The molecular formula is C8H13N2S+. The summed E-state index contributed by atoms with van der Waals surface area (Å²) in [5.74, 6) is 0.842. The predicted octanol–water partition coefficient (Wildman–Crippen LogP) is 1.27. The number of fused-ring (bicyclic) bond motifs is 1. The van der Waals surface area contributed by atoms with E-state index in [0.717, 1.165) is 11.0 Å². The average molecular weight is 169 g/mol. The number of aromatic amines is 1. The molecule has 0 fully saturated rings. The van der Waals surface area contributed by atoms with Crippen molar-refractivity contribution >= 4 is 16.5 Å². The highest BCUT2D eigenvalue weighted by Gasteiger charge is 2.21. The smallest absolute Gasteiger partial charge is 0.278 e. The van der Waals surface area contributed by atoms with Crippen LogP contribution in [0.2, 0.25) is 0 Å². The number of nitrogens with one attached hydrogen (secondary N) is 1. The van der Waals surface area contributed by atoms with Gasteiger partial charge in [0.2, 0.25) is 0 Å². The molecule has 0 amide bonds. The first-order valence-electron chi connectivity index (χ1n) is 4.05. The number of thiazole rings is 1. The predicted molar refractivity (Wildman–Crippen MR) is 46.5 cm³/mol. The lowest BCUT2D eigenvalue weighted by Crippen LogP contribution is -2.17. The van der Waals surface area contributed by atoms with Crippen molar-refractivity contribution < 1.29 is 4.98 Å². The fraction of sp³-hybridized carbons (Fsp3) is 0.625. The Kier molecular flexibility index (Phi) is 1.60. The summed E-state index contributed by atoms with van der Waals surface area (Å²) in [5.41, 5.74) is 7.05. The van der Waals surface area contributed by atoms with Crippen molar-refractivity contribution in [2.45, 2.75) is 26.2 Å². The molecular weight excluding hydrogens is 156 g/mol. The highest BCUT2D eigenvalue weighted by atomic mass is 32.1. The first-order chi connectivity index (χ1) is 5.25. The normalized spacial score (nSPS) is 23.2. The number of aromatic nitrogens is 1. The Morgan fingerprint density at radius 2 is 2.45 bits per heavy atom. The van der Waals surface area contributed by atoms with E-state index in [1.807, 2.05) is 0 Å². The summed E-state index contributed by atoms with van der Waals surface area (Å²) in [6.45, 7) is 2.30. The van der Waals surface area contributed by atoms with Crippen molar-refractivity contribution in [3.8, 4) is 0 Å². The van der Waals surface area contributed by atoms with Gasteiger partial charge in [-0.2, -0.15) is 0 Å². The molecule has 0 bridgehead atoms. The van der Waals surface area contributed by atoms with Gasteiger partial charge in [0, 0.05) is 6.42 Å². The lowest BCUT2D eigenvalue weighted by Gasteiger charge is -2.14. The molecule has 1 atom stereocenters. The number of hydrogen-bond donors (Lipinski definition) is 1. The van der Waals surface area contributed by atoms with Crippen LogP contribution in [0.15, 0.2) is 0 Å². The largest absolute Gasteiger partial charge is 0.329 e. The molecule has 2 nitrogen and oxygen atoms in total. The fourth-order valence-corrected chi connectivity index (χ4v) is 2.70. The van der Waals surface area contributed by atoms with Gasteiger partial charge in [-0.3, -0.25) is 5.73 Å². The maximum Gasteiger partial charge on any atom is 0.329 e. The molecule has 0 saturated heterocycles. The topological polar surface area (TPSA) is 40.2 Å². The molecule has 3 N–H and O–H groups in total. The van der Waals surface area contributed by atoms with Crippen LogP contribution in [0.1, 0.15) is 23.9 Å². The fourth-order valence-electron chi connectivity index (χ4n) is 1.61. The SMILES string of the molecule is CC1CCc2[nH+]c(N)sc2C1. The Bertz CT molecular complexity index is 267. The lowest BCUT2D eigenvalue weighted by molar-refractivity contribution is -0.368. The number of nitrogens with two attached hydrogens (primary N) is 1. The molecule has 3 heteroatoms. The van der Waals surface area contributed by atoms with Crippen molar-refractivity contribution in [1.82, 2.24) is 0 Å². The minimum Gasteiger partial charge on any atom is -0.278 e. The van der Waals surface area contributed by atoms with Crippen molar-refractivity contribution in [3.63, 3.8) is 0 Å². The van der Waals surface area contributed by atoms with E-state index in [0.29, 0.717) is 0 Å². The Balaban J connectivity index is 2.34. The Labute approximate surface area is 70.5 Å². The zero-order chi connectivity index (χ0) is 7.84. The van der Waals surface area contributed by atoms with Crippen molar-refractivity contribution in [2.24, 2.45) is 5.92 Å². The quantitative estimate of drug-likeness (QED) is 0.624. The number of nitrogen functional groups attached to an aromatic ring is 1. The van der Waals surface area contributed by atoms with Gasteiger partial charge in [0.15, 0.2) is 0 Å². The summed E-state index contributed by atoms with van der Waals surface area (Å²) < 4.78 is 0. The van der Waals surface area contributed by atoms with Gasteiger partial charge >= 0.3 is 5.13 Å². The number of H-pyrrole nitrogens is 1. The molecule has 1 unspecified atom stereocenters. The molecule has 60 valence electrons. The van der Waals surface area contributed by atoms with E-state index in [1.165, 1.54) is 29.8 Å². The van der Waals surface area contributed by atoms with Crippen LogP contribution in [0.5, 0.6) is 0 Å². The van der Waals surface area contributed by atoms with Crippen molar-refractivity contribution in [2.75, 3.05) is 5.73 Å². The zero-order valence-corrected chi connectivity index (χ0v) is 7.50. The molecule has 0 aromatic carbocycles. The molecule has 11 heavy (non-hydrogen) atoms. The summed E-state index contributed by atoms with van der Waals surface area (Å²) in [6.07, 6.45) is 3.71. The Morgan fingerprint density at radius 3 is 3.27 bits per heavy atom. The van der Waals surface area contributed by atoms with E-state index in [1.54, 1.807) is 11.3 Å². The van der Waals surface area contributed by atoms with E-state index in [9.17, 15) is 0 Å². The zero-order valence-electron chi connectivity index (χ0n) is 6.68. The number of hydrogen-bond acceptors (Lipinski definition) is 2. The number of rotatable bonds is 0. The highest BCUT2D eigenvalue weighted by molar-refractivity contribution is 7.15. The second-order valence-electron chi connectivity index (χ2n) is 3.34. The van der Waals surface area contributed by atoms with Gasteiger partial charge in [0.05, 0.1) is 4.88 Å². The van der Waals surface area contributed by atoms with E-state index >= 15 is 0 Å². The molecule has 1 aliphatic carbocycles. The maximum absolute atomic E-state index is 5.67. The summed E-state index contributed by atoms with van der Waals surface area (Å²) in [5, 5.41) is 0.865. The van der Waals surface area contributed by atoms with Crippen LogP contribution >= 0.6 is 11.3 Å². The third kappa shape index (κ3) is 1.25. The van der Waals surface area contributed by atoms with Crippen molar-refractivity contribution in [1.29, 1.82) is 0 Å². The third-order valence-electron chi connectivity index (χ3n) is 2.26. The molecule has 1 aromatic rings. The molecule has 0 aliphatic heterocycles. The minimum absolute atomic E-state index is 0.842. The summed E-state index contributed by atoms with van der Waals surface area (Å²) in [4.78, 5) is 4.69. The van der Waals surface area contributed by atoms with Gasteiger partial charge in [-0.05, 0) is 18.8 Å². The van der Waals surface area contributed by atoms with Gasteiger partial charge in [0.25, 0.3) is 0 Å². The third-order valence-corrected chi connectivity index (χ3v) is 3.25. The van der Waals surface area contributed by atoms with E-state index < -0.39 is 0 Å². The van der Waals surface area contributed by atoms with Crippen LogP contribution in [-0.4, -0.2) is 0 Å². The Morgan fingerprint density at radius 1 is 1.64 bits per heavy atom. The van der Waals surface area contributed by atoms with Crippen LogP contribution in [0.4, 0.5) is 5.13 Å². The van der Waals surface area contributed by atoms with E-state index in [-0.39, 0.29) is 0 Å². The number of anilines is 1. The molecule has 1 heterocycles. The standard InChI is InChI=1S/C8H12N2S/c1-5-2-3-6-7(4-5)11-8(9)10-6/h5H,2-4H2,1H3,(H2,9,10)/p+1. The minimum atomic E-state index is 0.842. The summed E-state index contributed by atoms with van der Waals surface area (Å²) >= 11 is 1.72. The first kappa shape index (κ1) is 7.10. The van der Waals surface area contributed by atoms with Crippen LogP contribution in [0.3, 0.4) is 0 Å². The molecule has 1 aliphatic rings. The van der Waals surface area contributed by atoms with Gasteiger partial charge < -0.3 is 0 Å². The molecule has 0 spiro atoms. The van der Waals surface area contributed by atoms with E-state index in [4.69, 9.17) is 5.73 Å². The molecule has 1 aromatic heterocycles.